The van der Waals surface area contributed by atoms with Gasteiger partial charge in [0.2, 0.25) is 0 Å². The number of hydrogen-bond donors (Lipinski definition) is 1. The van der Waals surface area contributed by atoms with E-state index in [2.05, 4.69) is 22.2 Å². The maximum Gasteiger partial charge on any atom is 0.123 e. The molecule has 0 aliphatic heterocycles. The van der Waals surface area contributed by atoms with Crippen molar-refractivity contribution in [3.63, 3.8) is 0 Å². The monoisotopic (exact) mass is 273 g/mol. The number of methoxy groups -OCH3 is 2. The number of rotatable bonds is 6. The van der Waals surface area contributed by atoms with E-state index in [9.17, 15) is 0 Å². The predicted octanol–water partition coefficient (Wildman–Crippen LogP) is 2.34. The molecule has 5 nitrogen and oxygen atoms in total. The quantitative estimate of drug-likeness (QED) is 0.875. The first-order valence-corrected chi connectivity index (χ1v) is 6.43. The van der Waals surface area contributed by atoms with Crippen LogP contribution in [-0.4, -0.2) is 24.2 Å². The van der Waals surface area contributed by atoms with Crippen LogP contribution in [-0.2, 0) is 6.54 Å². The molecule has 5 heteroatoms. The number of aromatic nitrogens is 2. The van der Waals surface area contributed by atoms with Gasteiger partial charge in [-0.15, -0.1) is 0 Å². The number of nitrogens with one attached hydrogen (secondary N) is 1. The van der Waals surface area contributed by atoms with Crippen LogP contribution in [0, 0.1) is 0 Å². The van der Waals surface area contributed by atoms with Gasteiger partial charge in [-0.2, -0.15) is 0 Å². The maximum atomic E-state index is 5.40. The van der Waals surface area contributed by atoms with E-state index in [1.165, 1.54) is 6.33 Å². The van der Waals surface area contributed by atoms with E-state index < -0.39 is 0 Å². The standard InChI is InChI=1S/C15H19N3O2/c1-11(18-9-12-7-16-10-17-8-12)14-6-13(19-2)4-5-15(14)20-3/h4-8,10-11,18H,9H2,1-3H3. The molecule has 2 aromatic rings. The molecule has 0 saturated heterocycles. The summed E-state index contributed by atoms with van der Waals surface area (Å²) in [6.45, 7) is 2.78. The molecule has 2 rings (SSSR count). The molecule has 1 aromatic carbocycles. The molecule has 1 atom stereocenters. The van der Waals surface area contributed by atoms with Crippen LogP contribution in [0.1, 0.15) is 24.1 Å². The molecular formula is C15H19N3O2. The lowest BCUT2D eigenvalue weighted by molar-refractivity contribution is 0.391. The molecular weight excluding hydrogens is 254 g/mol. The first-order valence-electron chi connectivity index (χ1n) is 6.43. The molecule has 1 aromatic heterocycles. The van der Waals surface area contributed by atoms with Gasteiger partial charge >= 0.3 is 0 Å². The van der Waals surface area contributed by atoms with Gasteiger partial charge in [0.1, 0.15) is 17.8 Å². The average Bonchev–Trinajstić information content (AvgIpc) is 2.52. The van der Waals surface area contributed by atoms with Gasteiger partial charge in [0, 0.05) is 36.1 Å². The van der Waals surface area contributed by atoms with E-state index in [-0.39, 0.29) is 6.04 Å². The molecule has 0 fully saturated rings. The minimum atomic E-state index is 0.125. The summed E-state index contributed by atoms with van der Waals surface area (Å²) in [5, 5.41) is 3.43. The Morgan fingerprint density at radius 3 is 2.55 bits per heavy atom. The normalized spacial score (nSPS) is 11.9. The second-order valence-corrected chi connectivity index (χ2v) is 4.46. The summed E-state index contributed by atoms with van der Waals surface area (Å²) >= 11 is 0. The molecule has 1 N–H and O–H groups in total. The van der Waals surface area contributed by atoms with Crippen molar-refractivity contribution >= 4 is 0 Å². The third-order valence-corrected chi connectivity index (χ3v) is 3.13. The molecule has 0 radical (unpaired) electrons. The highest BCUT2D eigenvalue weighted by atomic mass is 16.5. The van der Waals surface area contributed by atoms with Gasteiger partial charge in [-0.25, -0.2) is 9.97 Å². The summed E-state index contributed by atoms with van der Waals surface area (Å²) in [5.41, 5.74) is 2.10. The van der Waals surface area contributed by atoms with Crippen LogP contribution in [0.5, 0.6) is 11.5 Å². The molecule has 1 heterocycles. The first kappa shape index (κ1) is 14.3. The van der Waals surface area contributed by atoms with Gasteiger partial charge in [-0.3, -0.25) is 0 Å². The van der Waals surface area contributed by atoms with E-state index >= 15 is 0 Å². The number of ether oxygens (including phenoxy) is 2. The third-order valence-electron chi connectivity index (χ3n) is 3.13. The van der Waals surface area contributed by atoms with E-state index in [1.807, 2.05) is 18.2 Å². The fraction of sp³-hybridized carbons (Fsp3) is 0.333. The van der Waals surface area contributed by atoms with Crippen LogP contribution in [0.4, 0.5) is 0 Å². The van der Waals surface area contributed by atoms with Crippen molar-refractivity contribution in [2.75, 3.05) is 14.2 Å². The Hall–Kier alpha value is -2.14. The summed E-state index contributed by atoms with van der Waals surface area (Å²) in [6, 6.07) is 5.91. The maximum absolute atomic E-state index is 5.40. The highest BCUT2D eigenvalue weighted by molar-refractivity contribution is 5.42. The molecule has 106 valence electrons. The summed E-state index contributed by atoms with van der Waals surface area (Å²) in [6.07, 6.45) is 5.13. The van der Waals surface area contributed by atoms with Gasteiger partial charge < -0.3 is 14.8 Å². The van der Waals surface area contributed by atoms with Crippen molar-refractivity contribution in [3.05, 3.63) is 48.0 Å². The summed E-state index contributed by atoms with van der Waals surface area (Å²) in [5.74, 6) is 1.66. The van der Waals surface area contributed by atoms with Crippen molar-refractivity contribution < 1.29 is 9.47 Å². The van der Waals surface area contributed by atoms with Crippen molar-refractivity contribution in [3.8, 4) is 11.5 Å². The van der Waals surface area contributed by atoms with Gasteiger partial charge in [0.05, 0.1) is 14.2 Å². The van der Waals surface area contributed by atoms with E-state index in [0.717, 1.165) is 22.6 Å². The minimum Gasteiger partial charge on any atom is -0.497 e. The summed E-state index contributed by atoms with van der Waals surface area (Å²) in [4.78, 5) is 8.00. The molecule has 0 spiro atoms. The van der Waals surface area contributed by atoms with Gasteiger partial charge in [0.15, 0.2) is 0 Å². The van der Waals surface area contributed by atoms with Gasteiger partial charge in [-0.05, 0) is 25.1 Å². The van der Waals surface area contributed by atoms with Gasteiger partial charge in [-0.1, -0.05) is 0 Å². The number of nitrogens with zero attached hydrogens (tertiary/aromatic N) is 2. The van der Waals surface area contributed by atoms with Crippen molar-refractivity contribution in [2.24, 2.45) is 0 Å². The van der Waals surface area contributed by atoms with E-state index in [1.54, 1.807) is 26.6 Å². The van der Waals surface area contributed by atoms with Gasteiger partial charge in [0.25, 0.3) is 0 Å². The molecule has 0 saturated carbocycles. The van der Waals surface area contributed by atoms with Crippen LogP contribution in [0.3, 0.4) is 0 Å². The molecule has 1 unspecified atom stereocenters. The highest BCUT2D eigenvalue weighted by Crippen LogP contribution is 2.29. The Morgan fingerprint density at radius 1 is 1.15 bits per heavy atom. The Balaban J connectivity index is 2.09. The lowest BCUT2D eigenvalue weighted by atomic mass is 10.1. The van der Waals surface area contributed by atoms with Crippen LogP contribution in [0.2, 0.25) is 0 Å². The topological polar surface area (TPSA) is 56.3 Å². The summed E-state index contributed by atoms with van der Waals surface area (Å²) in [7, 11) is 3.33. The zero-order chi connectivity index (χ0) is 14.4. The first-order chi connectivity index (χ1) is 9.74. The molecule has 0 amide bonds. The highest BCUT2D eigenvalue weighted by Gasteiger charge is 2.12. The second-order valence-electron chi connectivity index (χ2n) is 4.46. The number of benzene rings is 1. The number of hydrogen-bond acceptors (Lipinski definition) is 5. The lowest BCUT2D eigenvalue weighted by Gasteiger charge is -2.18. The van der Waals surface area contributed by atoms with E-state index in [0.29, 0.717) is 6.54 Å². The van der Waals surface area contributed by atoms with Crippen LogP contribution >= 0.6 is 0 Å². The zero-order valence-corrected chi connectivity index (χ0v) is 12.0. The van der Waals surface area contributed by atoms with Crippen molar-refractivity contribution in [2.45, 2.75) is 19.5 Å². The Bertz CT molecular complexity index is 546. The van der Waals surface area contributed by atoms with Crippen molar-refractivity contribution in [1.82, 2.24) is 15.3 Å². The lowest BCUT2D eigenvalue weighted by Crippen LogP contribution is -2.19. The third kappa shape index (κ3) is 3.45. The summed E-state index contributed by atoms with van der Waals surface area (Å²) < 4.78 is 10.7. The van der Waals surface area contributed by atoms with E-state index in [4.69, 9.17) is 9.47 Å². The molecule has 0 aliphatic carbocycles. The molecule has 0 aliphatic rings. The average molecular weight is 273 g/mol. The second kappa shape index (κ2) is 6.86. The largest absolute Gasteiger partial charge is 0.497 e. The zero-order valence-electron chi connectivity index (χ0n) is 12.0. The fourth-order valence-electron chi connectivity index (χ4n) is 1.98. The SMILES string of the molecule is COc1ccc(OC)c(C(C)NCc2cncnc2)c1. The molecule has 20 heavy (non-hydrogen) atoms. The van der Waals surface area contributed by atoms with Crippen LogP contribution < -0.4 is 14.8 Å². The van der Waals surface area contributed by atoms with Crippen molar-refractivity contribution in [1.29, 1.82) is 0 Å². The Morgan fingerprint density at radius 2 is 1.90 bits per heavy atom. The fourth-order valence-corrected chi connectivity index (χ4v) is 1.98. The van der Waals surface area contributed by atoms with Crippen LogP contribution in [0.15, 0.2) is 36.9 Å². The predicted molar refractivity (Wildman–Crippen MR) is 76.8 cm³/mol. The molecule has 0 bridgehead atoms. The minimum absolute atomic E-state index is 0.125. The Labute approximate surface area is 119 Å². The van der Waals surface area contributed by atoms with Crippen LogP contribution in [0.25, 0.3) is 0 Å². The Kier molecular flexibility index (Phi) is 4.90. The smallest absolute Gasteiger partial charge is 0.123 e.